The van der Waals surface area contributed by atoms with Crippen LogP contribution in [0.2, 0.25) is 0 Å². The van der Waals surface area contributed by atoms with Crippen molar-refractivity contribution in [2.45, 2.75) is 20.3 Å². The molecular weight excluding hydrogens is 196 g/mol. The Morgan fingerprint density at radius 1 is 1.33 bits per heavy atom. The smallest absolute Gasteiger partial charge is 0.325 e. The molecule has 5 nitrogen and oxygen atoms in total. The van der Waals surface area contributed by atoms with Crippen LogP contribution >= 0.6 is 0 Å². The van der Waals surface area contributed by atoms with Crippen molar-refractivity contribution in [2.24, 2.45) is 0 Å². The predicted octanol–water partition coefficient (Wildman–Crippen LogP) is 0.815. The molecule has 0 aromatic heterocycles. The van der Waals surface area contributed by atoms with Gasteiger partial charge in [-0.05, 0) is 20.3 Å². The molecule has 2 amide bonds. The SMILES string of the molecule is C/C=C/CCNC(=O)NCC(=O)OCC. The molecule has 0 fully saturated rings. The summed E-state index contributed by atoms with van der Waals surface area (Å²) in [6, 6.07) is -0.354. The van der Waals surface area contributed by atoms with Gasteiger partial charge < -0.3 is 15.4 Å². The van der Waals surface area contributed by atoms with Gasteiger partial charge in [0.25, 0.3) is 0 Å². The van der Waals surface area contributed by atoms with Gasteiger partial charge in [-0.25, -0.2) is 4.79 Å². The third kappa shape index (κ3) is 8.80. The van der Waals surface area contributed by atoms with Gasteiger partial charge in [-0.1, -0.05) is 12.2 Å². The fraction of sp³-hybridized carbons (Fsp3) is 0.600. The molecule has 0 aliphatic heterocycles. The van der Waals surface area contributed by atoms with Gasteiger partial charge >= 0.3 is 12.0 Å². The van der Waals surface area contributed by atoms with Gasteiger partial charge in [0.2, 0.25) is 0 Å². The second kappa shape index (κ2) is 9.05. The monoisotopic (exact) mass is 214 g/mol. The summed E-state index contributed by atoms with van der Waals surface area (Å²) in [4.78, 5) is 21.9. The van der Waals surface area contributed by atoms with Gasteiger partial charge in [0, 0.05) is 6.54 Å². The van der Waals surface area contributed by atoms with E-state index in [-0.39, 0.29) is 12.6 Å². The molecule has 2 N–H and O–H groups in total. The van der Waals surface area contributed by atoms with Gasteiger partial charge in [0.05, 0.1) is 6.61 Å². The van der Waals surface area contributed by atoms with E-state index in [1.807, 2.05) is 19.1 Å². The van der Waals surface area contributed by atoms with E-state index >= 15 is 0 Å². The maximum atomic E-state index is 11.1. The van der Waals surface area contributed by atoms with Gasteiger partial charge in [0.15, 0.2) is 0 Å². The summed E-state index contributed by atoms with van der Waals surface area (Å²) in [7, 11) is 0. The van der Waals surface area contributed by atoms with Crippen LogP contribution in [0.25, 0.3) is 0 Å². The highest BCUT2D eigenvalue weighted by molar-refractivity contribution is 5.80. The molecule has 0 heterocycles. The summed E-state index contributed by atoms with van der Waals surface area (Å²) < 4.78 is 4.64. The molecule has 0 saturated heterocycles. The largest absolute Gasteiger partial charge is 0.465 e. The Kier molecular flexibility index (Phi) is 8.13. The number of urea groups is 1. The molecule has 15 heavy (non-hydrogen) atoms. The van der Waals surface area contributed by atoms with Crippen LogP contribution in [0.15, 0.2) is 12.2 Å². The Balaban J connectivity index is 3.44. The standard InChI is InChI=1S/C10H18N2O3/c1-3-5-6-7-11-10(14)12-8-9(13)15-4-2/h3,5H,4,6-8H2,1-2H3,(H2,11,12,14)/b5-3+. The third-order valence-corrected chi connectivity index (χ3v) is 1.53. The van der Waals surface area contributed by atoms with E-state index < -0.39 is 5.97 Å². The number of carbonyl (C=O) groups is 2. The second-order valence-corrected chi connectivity index (χ2v) is 2.77. The van der Waals surface area contributed by atoms with Crippen molar-refractivity contribution < 1.29 is 14.3 Å². The first-order valence-electron chi connectivity index (χ1n) is 4.99. The van der Waals surface area contributed by atoms with Gasteiger partial charge in [0.1, 0.15) is 6.54 Å². The molecule has 0 saturated carbocycles. The summed E-state index contributed by atoms with van der Waals surface area (Å²) in [6.45, 7) is 4.42. The lowest BCUT2D eigenvalue weighted by molar-refractivity contribution is -0.141. The molecule has 0 aromatic carbocycles. The fourth-order valence-electron chi connectivity index (χ4n) is 0.863. The number of ether oxygens (including phenoxy) is 1. The topological polar surface area (TPSA) is 67.4 Å². The minimum atomic E-state index is -0.430. The number of hydrogen-bond donors (Lipinski definition) is 2. The van der Waals surface area contributed by atoms with E-state index in [4.69, 9.17) is 0 Å². The first-order chi connectivity index (χ1) is 7.20. The normalized spacial score (nSPS) is 10.0. The van der Waals surface area contributed by atoms with Crippen LogP contribution in [0.3, 0.4) is 0 Å². The maximum Gasteiger partial charge on any atom is 0.325 e. The van der Waals surface area contributed by atoms with Gasteiger partial charge in [-0.2, -0.15) is 0 Å². The number of nitrogens with one attached hydrogen (secondary N) is 2. The zero-order valence-corrected chi connectivity index (χ0v) is 9.21. The molecule has 0 atom stereocenters. The minimum Gasteiger partial charge on any atom is -0.465 e. The molecule has 0 aliphatic rings. The fourth-order valence-corrected chi connectivity index (χ4v) is 0.863. The van der Waals surface area contributed by atoms with E-state index in [0.29, 0.717) is 13.2 Å². The second-order valence-electron chi connectivity index (χ2n) is 2.77. The van der Waals surface area contributed by atoms with Crippen LogP contribution in [-0.4, -0.2) is 31.7 Å². The highest BCUT2D eigenvalue weighted by Crippen LogP contribution is 1.80. The number of amides is 2. The average molecular weight is 214 g/mol. The summed E-state index contributed by atoms with van der Waals surface area (Å²) >= 11 is 0. The summed E-state index contributed by atoms with van der Waals surface area (Å²) in [5.74, 6) is -0.430. The van der Waals surface area contributed by atoms with Crippen LogP contribution in [0.1, 0.15) is 20.3 Å². The van der Waals surface area contributed by atoms with Gasteiger partial charge in [-0.15, -0.1) is 0 Å². The Hall–Kier alpha value is -1.52. The lowest BCUT2D eigenvalue weighted by Crippen LogP contribution is -2.39. The summed E-state index contributed by atoms with van der Waals surface area (Å²) in [5, 5.41) is 5.00. The lowest BCUT2D eigenvalue weighted by Gasteiger charge is -2.05. The Morgan fingerprint density at radius 2 is 2.07 bits per heavy atom. The van der Waals surface area contributed by atoms with Crippen molar-refractivity contribution in [3.63, 3.8) is 0 Å². The quantitative estimate of drug-likeness (QED) is 0.390. The van der Waals surface area contributed by atoms with Crippen molar-refractivity contribution in [2.75, 3.05) is 19.7 Å². The Bertz CT molecular complexity index is 227. The molecule has 0 radical (unpaired) electrons. The van der Waals surface area contributed by atoms with Crippen LogP contribution in [-0.2, 0) is 9.53 Å². The van der Waals surface area contributed by atoms with Crippen molar-refractivity contribution in [3.05, 3.63) is 12.2 Å². The van der Waals surface area contributed by atoms with E-state index in [2.05, 4.69) is 15.4 Å². The minimum absolute atomic E-state index is 0.0940. The predicted molar refractivity (Wildman–Crippen MR) is 57.5 cm³/mol. The van der Waals surface area contributed by atoms with Crippen LogP contribution in [0, 0.1) is 0 Å². The highest BCUT2D eigenvalue weighted by Gasteiger charge is 2.03. The number of hydrogen-bond acceptors (Lipinski definition) is 3. The molecule has 0 spiro atoms. The first-order valence-corrected chi connectivity index (χ1v) is 4.99. The van der Waals surface area contributed by atoms with E-state index in [1.54, 1.807) is 6.92 Å². The average Bonchev–Trinajstić information content (AvgIpc) is 2.22. The molecule has 0 aliphatic carbocycles. The summed E-state index contributed by atoms with van der Waals surface area (Å²) in [5.41, 5.74) is 0. The van der Waals surface area contributed by atoms with E-state index in [1.165, 1.54) is 0 Å². The Labute approximate surface area is 89.9 Å². The molecule has 5 heteroatoms. The molecule has 0 aromatic rings. The van der Waals surface area contributed by atoms with Gasteiger partial charge in [-0.3, -0.25) is 4.79 Å². The lowest BCUT2D eigenvalue weighted by atomic mass is 10.4. The molecule has 0 rings (SSSR count). The Morgan fingerprint density at radius 3 is 2.67 bits per heavy atom. The van der Waals surface area contributed by atoms with E-state index in [9.17, 15) is 9.59 Å². The van der Waals surface area contributed by atoms with Crippen molar-refractivity contribution in [3.8, 4) is 0 Å². The number of carbonyl (C=O) groups excluding carboxylic acids is 2. The zero-order valence-electron chi connectivity index (χ0n) is 9.21. The molecule has 0 unspecified atom stereocenters. The van der Waals surface area contributed by atoms with Crippen molar-refractivity contribution in [1.29, 1.82) is 0 Å². The highest BCUT2D eigenvalue weighted by atomic mass is 16.5. The van der Waals surface area contributed by atoms with Crippen LogP contribution in [0.5, 0.6) is 0 Å². The molecular formula is C10H18N2O3. The van der Waals surface area contributed by atoms with Crippen LogP contribution in [0.4, 0.5) is 4.79 Å². The number of rotatable bonds is 6. The van der Waals surface area contributed by atoms with Crippen molar-refractivity contribution in [1.82, 2.24) is 10.6 Å². The maximum absolute atomic E-state index is 11.1. The molecule has 0 bridgehead atoms. The molecule has 86 valence electrons. The van der Waals surface area contributed by atoms with E-state index in [0.717, 1.165) is 6.42 Å². The number of allylic oxidation sites excluding steroid dienone is 1. The third-order valence-electron chi connectivity index (χ3n) is 1.53. The zero-order chi connectivity index (χ0) is 11.5. The van der Waals surface area contributed by atoms with Crippen LogP contribution < -0.4 is 10.6 Å². The summed E-state index contributed by atoms with van der Waals surface area (Å²) in [6.07, 6.45) is 4.65. The van der Waals surface area contributed by atoms with Crippen molar-refractivity contribution >= 4 is 12.0 Å². The first kappa shape index (κ1) is 13.5. The number of esters is 1.